The first-order valence-electron chi connectivity index (χ1n) is 7.51. The van der Waals surface area contributed by atoms with E-state index in [0.717, 1.165) is 5.56 Å². The number of benzene rings is 1. The Morgan fingerprint density at radius 2 is 1.96 bits per heavy atom. The second-order valence-electron chi connectivity index (χ2n) is 5.08. The molecule has 0 heterocycles. The number of hydrogen-bond donors (Lipinski definition) is 5. The Hall–Kier alpha value is -2.81. The zero-order chi connectivity index (χ0) is 17.9. The molecule has 1 atom stereocenters. The summed E-state index contributed by atoms with van der Waals surface area (Å²) in [7, 11) is 1.59. The van der Waals surface area contributed by atoms with Crippen molar-refractivity contribution in [3.63, 3.8) is 0 Å². The van der Waals surface area contributed by atoms with Crippen LogP contribution in [-0.2, 0) is 11.3 Å². The molecule has 0 aromatic heterocycles. The van der Waals surface area contributed by atoms with Crippen LogP contribution in [0.2, 0.25) is 0 Å². The van der Waals surface area contributed by atoms with Crippen LogP contribution in [0.3, 0.4) is 0 Å². The van der Waals surface area contributed by atoms with Crippen molar-refractivity contribution in [1.29, 1.82) is 0 Å². The van der Waals surface area contributed by atoms with E-state index in [1.807, 2.05) is 30.3 Å². The second-order valence-corrected chi connectivity index (χ2v) is 5.08. The monoisotopic (exact) mass is 336 g/mol. The quantitative estimate of drug-likeness (QED) is 0.183. The van der Waals surface area contributed by atoms with Crippen molar-refractivity contribution in [2.75, 3.05) is 13.6 Å². The Labute approximate surface area is 140 Å². The van der Waals surface area contributed by atoms with Crippen LogP contribution in [0.4, 0.5) is 4.79 Å². The van der Waals surface area contributed by atoms with Gasteiger partial charge in [-0.3, -0.25) is 10.0 Å². The van der Waals surface area contributed by atoms with Crippen molar-refractivity contribution in [2.24, 2.45) is 16.5 Å². The molecule has 0 saturated heterocycles. The lowest BCUT2D eigenvalue weighted by Crippen LogP contribution is -2.51. The Morgan fingerprint density at radius 1 is 1.29 bits per heavy atom. The van der Waals surface area contributed by atoms with Gasteiger partial charge in [-0.15, -0.1) is 0 Å². The third kappa shape index (κ3) is 6.97. The van der Waals surface area contributed by atoms with Gasteiger partial charge in [0.2, 0.25) is 0 Å². The predicted molar refractivity (Wildman–Crippen MR) is 90.9 cm³/mol. The molecule has 132 valence electrons. The molecule has 1 aromatic rings. The molecular formula is C15H24N6O3. The molecule has 2 amide bonds. The van der Waals surface area contributed by atoms with Gasteiger partial charge >= 0.3 is 12.0 Å². The zero-order valence-corrected chi connectivity index (χ0v) is 13.6. The van der Waals surface area contributed by atoms with Crippen LogP contribution in [0.1, 0.15) is 18.4 Å². The first-order valence-corrected chi connectivity index (χ1v) is 7.51. The largest absolute Gasteiger partial charge is 0.480 e. The molecule has 0 spiro atoms. The molecule has 0 aliphatic carbocycles. The summed E-state index contributed by atoms with van der Waals surface area (Å²) < 4.78 is 0. The number of carboxylic acid groups (broad SMARTS) is 1. The zero-order valence-electron chi connectivity index (χ0n) is 13.6. The molecule has 0 aliphatic heterocycles. The van der Waals surface area contributed by atoms with Gasteiger partial charge in [0.15, 0.2) is 5.96 Å². The fraction of sp³-hybridized carbons (Fsp3) is 0.400. The molecule has 7 N–H and O–H groups in total. The number of nitrogens with zero attached hydrogens (tertiary/aromatic N) is 2. The van der Waals surface area contributed by atoms with Gasteiger partial charge in [-0.2, -0.15) is 0 Å². The molecule has 1 aromatic carbocycles. The van der Waals surface area contributed by atoms with E-state index in [2.05, 4.69) is 15.7 Å². The first-order chi connectivity index (χ1) is 11.4. The number of carbonyl (C=O) groups is 2. The maximum absolute atomic E-state index is 12.3. The molecule has 24 heavy (non-hydrogen) atoms. The number of nitrogens with two attached hydrogens (primary N) is 2. The number of aliphatic carboxylic acids is 1. The van der Waals surface area contributed by atoms with Crippen LogP contribution in [0.25, 0.3) is 0 Å². The Bertz CT molecular complexity index is 560. The van der Waals surface area contributed by atoms with Crippen LogP contribution >= 0.6 is 0 Å². The van der Waals surface area contributed by atoms with Crippen molar-refractivity contribution in [2.45, 2.75) is 25.4 Å². The summed E-state index contributed by atoms with van der Waals surface area (Å²) in [4.78, 5) is 27.3. The van der Waals surface area contributed by atoms with Crippen LogP contribution in [-0.4, -0.2) is 47.7 Å². The maximum Gasteiger partial charge on any atom is 0.332 e. The molecular weight excluding hydrogens is 312 g/mol. The van der Waals surface area contributed by atoms with Crippen LogP contribution in [0.5, 0.6) is 0 Å². The summed E-state index contributed by atoms with van der Waals surface area (Å²) in [5.74, 6) is -1.15. The SMILES string of the molecule is CNN(Cc1ccccc1)C(=O)NC(CCCN=C(N)N)C(=O)O. The minimum absolute atomic E-state index is 0.0462. The average Bonchev–Trinajstić information content (AvgIpc) is 2.55. The van der Waals surface area contributed by atoms with Gasteiger partial charge in [0.1, 0.15) is 6.04 Å². The highest BCUT2D eigenvalue weighted by molar-refractivity contribution is 5.82. The fourth-order valence-electron chi connectivity index (χ4n) is 2.01. The summed E-state index contributed by atoms with van der Waals surface area (Å²) in [6, 6.07) is 7.83. The number of urea groups is 1. The smallest absolute Gasteiger partial charge is 0.332 e. The molecule has 1 rings (SSSR count). The van der Waals surface area contributed by atoms with Crippen molar-refractivity contribution in [1.82, 2.24) is 15.8 Å². The molecule has 0 bridgehead atoms. The van der Waals surface area contributed by atoms with Crippen molar-refractivity contribution >= 4 is 18.0 Å². The lowest BCUT2D eigenvalue weighted by Gasteiger charge is -2.24. The molecule has 0 saturated carbocycles. The maximum atomic E-state index is 12.3. The summed E-state index contributed by atoms with van der Waals surface area (Å²) in [5.41, 5.74) is 14.1. The lowest BCUT2D eigenvalue weighted by molar-refractivity contribution is -0.139. The van der Waals surface area contributed by atoms with Gasteiger partial charge in [-0.1, -0.05) is 30.3 Å². The van der Waals surface area contributed by atoms with E-state index >= 15 is 0 Å². The number of aliphatic imine (C=N–C) groups is 1. The van der Waals surface area contributed by atoms with E-state index < -0.39 is 18.0 Å². The molecule has 9 heteroatoms. The highest BCUT2D eigenvalue weighted by Crippen LogP contribution is 2.04. The normalized spacial score (nSPS) is 11.4. The highest BCUT2D eigenvalue weighted by atomic mass is 16.4. The van der Waals surface area contributed by atoms with Crippen LogP contribution < -0.4 is 22.2 Å². The predicted octanol–water partition coefficient (Wildman–Crippen LogP) is -0.161. The first kappa shape index (κ1) is 19.2. The van der Waals surface area contributed by atoms with Gasteiger partial charge in [-0.05, 0) is 18.4 Å². The van der Waals surface area contributed by atoms with Crippen molar-refractivity contribution in [3.8, 4) is 0 Å². The van der Waals surface area contributed by atoms with E-state index in [0.29, 0.717) is 19.5 Å². The number of guanidine groups is 1. The summed E-state index contributed by atoms with van der Waals surface area (Å²) in [5, 5.41) is 13.0. The van der Waals surface area contributed by atoms with Gasteiger partial charge in [-0.25, -0.2) is 15.0 Å². The van der Waals surface area contributed by atoms with E-state index in [9.17, 15) is 14.7 Å². The number of rotatable bonds is 9. The molecule has 0 fully saturated rings. The van der Waals surface area contributed by atoms with E-state index in [-0.39, 0.29) is 12.4 Å². The Kier molecular flexibility index (Phi) is 8.06. The number of hydrogen-bond acceptors (Lipinski definition) is 4. The third-order valence-corrected chi connectivity index (χ3v) is 3.24. The molecule has 0 aliphatic rings. The number of carboxylic acids is 1. The second kappa shape index (κ2) is 10.1. The molecule has 9 nitrogen and oxygen atoms in total. The highest BCUT2D eigenvalue weighted by Gasteiger charge is 2.22. The number of amides is 2. The number of carbonyl (C=O) groups excluding carboxylic acids is 1. The van der Waals surface area contributed by atoms with Gasteiger partial charge < -0.3 is 21.9 Å². The minimum atomic E-state index is -1.11. The number of hydrazine groups is 1. The van der Waals surface area contributed by atoms with E-state index in [4.69, 9.17) is 11.5 Å². The summed E-state index contributed by atoms with van der Waals surface area (Å²) in [6.07, 6.45) is 0.661. The van der Waals surface area contributed by atoms with Gasteiger partial charge in [0, 0.05) is 13.6 Å². The van der Waals surface area contributed by atoms with Crippen LogP contribution in [0.15, 0.2) is 35.3 Å². The Balaban J connectivity index is 2.58. The van der Waals surface area contributed by atoms with Gasteiger partial charge in [0.05, 0.1) is 6.54 Å². The average molecular weight is 336 g/mol. The van der Waals surface area contributed by atoms with Crippen molar-refractivity contribution < 1.29 is 14.7 Å². The minimum Gasteiger partial charge on any atom is -0.480 e. The topological polar surface area (TPSA) is 146 Å². The Morgan fingerprint density at radius 3 is 2.50 bits per heavy atom. The standard InChI is InChI=1S/C15H24N6O3/c1-18-21(10-11-6-3-2-4-7-11)15(24)20-12(13(22)23)8-5-9-19-14(16)17/h2-4,6-7,12,18H,5,8-10H2,1H3,(H,20,24)(H,22,23)(H4,16,17,19). The molecule has 1 unspecified atom stereocenters. The summed E-state index contributed by atoms with van der Waals surface area (Å²) >= 11 is 0. The van der Waals surface area contributed by atoms with Gasteiger partial charge in [0.25, 0.3) is 0 Å². The van der Waals surface area contributed by atoms with E-state index in [1.165, 1.54) is 5.01 Å². The molecule has 0 radical (unpaired) electrons. The van der Waals surface area contributed by atoms with Crippen molar-refractivity contribution in [3.05, 3.63) is 35.9 Å². The van der Waals surface area contributed by atoms with E-state index in [1.54, 1.807) is 7.05 Å². The summed E-state index contributed by atoms with van der Waals surface area (Å²) in [6.45, 7) is 0.616. The third-order valence-electron chi connectivity index (χ3n) is 3.24. The lowest BCUT2D eigenvalue weighted by atomic mass is 10.1. The fourth-order valence-corrected chi connectivity index (χ4v) is 2.01. The number of nitrogens with one attached hydrogen (secondary N) is 2. The van der Waals surface area contributed by atoms with Crippen LogP contribution in [0, 0.1) is 0 Å².